The molecular weight excluding hydrogens is 228 g/mol. The minimum absolute atomic E-state index is 0.0105. The summed E-state index contributed by atoms with van der Waals surface area (Å²) in [6, 6.07) is 5.68. The van der Waals surface area contributed by atoms with Crippen molar-refractivity contribution in [3.8, 4) is 0 Å². The first-order valence-corrected chi connectivity index (χ1v) is 5.91. The van der Waals surface area contributed by atoms with Gasteiger partial charge in [0, 0.05) is 11.4 Å². The molecule has 0 spiro atoms. The van der Waals surface area contributed by atoms with E-state index in [2.05, 4.69) is 15.5 Å². The third-order valence-corrected chi connectivity index (χ3v) is 3.19. The lowest BCUT2D eigenvalue weighted by Crippen LogP contribution is -2.24. The quantitative estimate of drug-likeness (QED) is 0.696. The van der Waals surface area contributed by atoms with Gasteiger partial charge in [0.15, 0.2) is 0 Å². The predicted octanol–water partition coefficient (Wildman–Crippen LogP) is 1.40. The molecule has 0 saturated heterocycles. The molecule has 92 valence electrons. The van der Waals surface area contributed by atoms with Gasteiger partial charge >= 0.3 is 0 Å². The molecule has 5 nitrogen and oxygen atoms in total. The number of para-hydroxylation sites is 1. The Bertz CT molecular complexity index is 616. The average molecular weight is 242 g/mol. The molecule has 0 saturated carbocycles. The third-order valence-electron chi connectivity index (χ3n) is 3.19. The topological polar surface area (TPSA) is 83.8 Å². The molecule has 1 aromatic heterocycles. The fraction of sp³-hybridized carbons (Fsp3) is 0.231. The van der Waals surface area contributed by atoms with Gasteiger partial charge in [0.25, 0.3) is 0 Å². The second-order valence-electron chi connectivity index (χ2n) is 4.52. The number of nitrogens with zero attached hydrogens (tertiary/aromatic N) is 1. The zero-order chi connectivity index (χ0) is 12.5. The Morgan fingerprint density at radius 1 is 1.44 bits per heavy atom. The molecule has 5 heteroatoms. The van der Waals surface area contributed by atoms with Crippen LogP contribution in [0.4, 0.5) is 5.69 Å². The van der Waals surface area contributed by atoms with E-state index in [0.29, 0.717) is 6.42 Å². The molecule has 1 heterocycles. The van der Waals surface area contributed by atoms with Gasteiger partial charge in [-0.2, -0.15) is 5.10 Å². The molecule has 18 heavy (non-hydrogen) atoms. The highest BCUT2D eigenvalue weighted by molar-refractivity contribution is 6.01. The molecule has 2 aromatic rings. The zero-order valence-corrected chi connectivity index (χ0v) is 9.76. The Balaban J connectivity index is 1.82. The lowest BCUT2D eigenvalue weighted by atomic mass is 10.1. The van der Waals surface area contributed by atoms with Crippen LogP contribution in [0.5, 0.6) is 0 Å². The van der Waals surface area contributed by atoms with Crippen molar-refractivity contribution in [3.05, 3.63) is 36.5 Å². The van der Waals surface area contributed by atoms with Gasteiger partial charge in [-0.3, -0.25) is 9.89 Å². The zero-order valence-electron chi connectivity index (χ0n) is 9.76. The highest BCUT2D eigenvalue weighted by Crippen LogP contribution is 2.23. The highest BCUT2D eigenvalue weighted by Gasteiger charge is 2.23. The van der Waals surface area contributed by atoms with Crippen LogP contribution in [0.3, 0.4) is 0 Å². The Labute approximate surface area is 104 Å². The fourth-order valence-electron chi connectivity index (χ4n) is 2.22. The molecular formula is C13H14N4O. The molecule has 1 aliphatic rings. The van der Waals surface area contributed by atoms with Crippen molar-refractivity contribution < 1.29 is 4.79 Å². The number of hydrogen-bond acceptors (Lipinski definition) is 3. The number of carbonyl (C=O) groups excluding carboxylic acids is 1. The summed E-state index contributed by atoms with van der Waals surface area (Å²) in [6.07, 6.45) is 6.15. The van der Waals surface area contributed by atoms with Crippen LogP contribution in [-0.4, -0.2) is 22.1 Å². The molecule has 1 amide bonds. The van der Waals surface area contributed by atoms with Crippen molar-refractivity contribution in [2.75, 3.05) is 5.32 Å². The molecule has 1 aromatic carbocycles. The van der Waals surface area contributed by atoms with Crippen molar-refractivity contribution in [2.24, 2.45) is 11.7 Å². The van der Waals surface area contributed by atoms with Crippen LogP contribution in [0, 0.1) is 5.92 Å². The molecule has 0 aliphatic heterocycles. The molecule has 0 radical (unpaired) electrons. The molecule has 4 N–H and O–H groups in total. The minimum Gasteiger partial charge on any atom is -0.324 e. The van der Waals surface area contributed by atoms with Gasteiger partial charge in [0.2, 0.25) is 5.91 Å². The summed E-state index contributed by atoms with van der Waals surface area (Å²) in [7, 11) is 0. The van der Waals surface area contributed by atoms with E-state index >= 15 is 0 Å². The summed E-state index contributed by atoms with van der Waals surface area (Å²) in [5, 5.41) is 10.7. The molecule has 2 atom stereocenters. The maximum atomic E-state index is 12.1. The first kappa shape index (κ1) is 11.0. The van der Waals surface area contributed by atoms with E-state index in [1.54, 1.807) is 6.20 Å². The number of nitrogens with one attached hydrogen (secondary N) is 2. The Kier molecular flexibility index (Phi) is 2.60. The first-order chi connectivity index (χ1) is 8.74. The molecule has 0 fully saturated rings. The molecule has 1 aliphatic carbocycles. The minimum atomic E-state index is -0.141. The molecule has 0 bridgehead atoms. The van der Waals surface area contributed by atoms with Gasteiger partial charge in [-0.25, -0.2) is 0 Å². The van der Waals surface area contributed by atoms with Crippen molar-refractivity contribution in [1.29, 1.82) is 0 Å². The van der Waals surface area contributed by atoms with Gasteiger partial charge < -0.3 is 11.1 Å². The normalized spacial score (nSPS) is 22.5. The van der Waals surface area contributed by atoms with Crippen LogP contribution in [0.15, 0.2) is 36.5 Å². The van der Waals surface area contributed by atoms with Gasteiger partial charge in [-0.1, -0.05) is 24.3 Å². The number of amides is 1. The van der Waals surface area contributed by atoms with Gasteiger partial charge in [0.05, 0.1) is 23.3 Å². The maximum Gasteiger partial charge on any atom is 0.231 e. The lowest BCUT2D eigenvalue weighted by Gasteiger charge is -2.11. The van der Waals surface area contributed by atoms with Crippen molar-refractivity contribution >= 4 is 22.5 Å². The van der Waals surface area contributed by atoms with E-state index in [0.717, 1.165) is 16.6 Å². The summed E-state index contributed by atoms with van der Waals surface area (Å²) in [5.74, 6) is -0.167. The van der Waals surface area contributed by atoms with E-state index < -0.39 is 0 Å². The van der Waals surface area contributed by atoms with Crippen molar-refractivity contribution in [2.45, 2.75) is 12.5 Å². The van der Waals surface area contributed by atoms with Crippen LogP contribution in [0.1, 0.15) is 6.42 Å². The first-order valence-electron chi connectivity index (χ1n) is 5.91. The molecule has 2 unspecified atom stereocenters. The van der Waals surface area contributed by atoms with Crippen LogP contribution >= 0.6 is 0 Å². The van der Waals surface area contributed by atoms with Gasteiger partial charge in [-0.15, -0.1) is 0 Å². The second kappa shape index (κ2) is 4.27. The largest absolute Gasteiger partial charge is 0.324 e. The van der Waals surface area contributed by atoms with Crippen LogP contribution in [-0.2, 0) is 4.79 Å². The van der Waals surface area contributed by atoms with E-state index in [-0.39, 0.29) is 17.9 Å². The SMILES string of the molecule is NC1C=CC(C(=O)Nc2cccc3cn[nH]c23)C1. The number of aromatic amines is 1. The lowest BCUT2D eigenvalue weighted by molar-refractivity contribution is -0.118. The van der Waals surface area contributed by atoms with Crippen LogP contribution < -0.4 is 11.1 Å². The number of anilines is 1. The number of hydrogen-bond donors (Lipinski definition) is 3. The highest BCUT2D eigenvalue weighted by atomic mass is 16.1. The maximum absolute atomic E-state index is 12.1. The van der Waals surface area contributed by atoms with E-state index in [1.807, 2.05) is 30.4 Å². The standard InChI is InChI=1S/C13H14N4O/c14-10-5-4-8(6-10)13(18)16-11-3-1-2-9-7-15-17-12(9)11/h1-5,7-8,10H,6,14H2,(H,15,17)(H,16,18). The van der Waals surface area contributed by atoms with E-state index in [1.165, 1.54) is 0 Å². The average Bonchev–Trinajstić information content (AvgIpc) is 2.97. The number of nitrogens with two attached hydrogens (primary N) is 1. The summed E-state index contributed by atoms with van der Waals surface area (Å²) >= 11 is 0. The Morgan fingerprint density at radius 3 is 3.11 bits per heavy atom. The van der Waals surface area contributed by atoms with Gasteiger partial charge in [-0.05, 0) is 12.5 Å². The number of rotatable bonds is 2. The molecule has 3 rings (SSSR count). The predicted molar refractivity (Wildman–Crippen MR) is 69.9 cm³/mol. The Hall–Kier alpha value is -2.14. The number of benzene rings is 1. The fourth-order valence-corrected chi connectivity index (χ4v) is 2.22. The number of carbonyl (C=O) groups is 1. The van der Waals surface area contributed by atoms with Gasteiger partial charge in [0.1, 0.15) is 0 Å². The second-order valence-corrected chi connectivity index (χ2v) is 4.52. The van der Waals surface area contributed by atoms with Crippen LogP contribution in [0.25, 0.3) is 10.9 Å². The van der Waals surface area contributed by atoms with Crippen molar-refractivity contribution in [3.63, 3.8) is 0 Å². The summed E-state index contributed by atoms with van der Waals surface area (Å²) < 4.78 is 0. The third kappa shape index (κ3) is 1.89. The van der Waals surface area contributed by atoms with Crippen molar-refractivity contribution in [1.82, 2.24) is 10.2 Å². The number of aromatic nitrogens is 2. The smallest absolute Gasteiger partial charge is 0.231 e. The van der Waals surface area contributed by atoms with Crippen LogP contribution in [0.2, 0.25) is 0 Å². The monoisotopic (exact) mass is 242 g/mol. The number of fused-ring (bicyclic) bond motifs is 1. The van der Waals surface area contributed by atoms with E-state index in [9.17, 15) is 4.79 Å². The summed E-state index contributed by atoms with van der Waals surface area (Å²) in [4.78, 5) is 12.1. The summed E-state index contributed by atoms with van der Waals surface area (Å²) in [5.41, 5.74) is 7.35. The number of H-pyrrole nitrogens is 1. The summed E-state index contributed by atoms with van der Waals surface area (Å²) in [6.45, 7) is 0. The Morgan fingerprint density at radius 2 is 2.33 bits per heavy atom. The van der Waals surface area contributed by atoms with E-state index in [4.69, 9.17) is 5.73 Å².